The largest absolute Gasteiger partial charge is 0.492 e. The van der Waals surface area contributed by atoms with Crippen molar-refractivity contribution in [1.82, 2.24) is 15.2 Å². The number of hydrogen-bond donors (Lipinski definition) is 1. The third kappa shape index (κ3) is 6.46. The van der Waals surface area contributed by atoms with E-state index in [1.54, 1.807) is 30.6 Å². The molecule has 2 aromatic rings. The van der Waals surface area contributed by atoms with Gasteiger partial charge in [-0.15, -0.1) is 0 Å². The first-order valence-corrected chi connectivity index (χ1v) is 10.3. The summed E-state index contributed by atoms with van der Waals surface area (Å²) in [4.78, 5) is 30.4. The molecule has 0 spiro atoms. The number of nitrogens with one attached hydrogen (secondary N) is 1. The van der Waals surface area contributed by atoms with Crippen LogP contribution < -0.4 is 10.1 Å². The summed E-state index contributed by atoms with van der Waals surface area (Å²) >= 11 is 6.05. The van der Waals surface area contributed by atoms with E-state index < -0.39 is 0 Å². The first-order chi connectivity index (χ1) is 14.1. The maximum absolute atomic E-state index is 12.4. The van der Waals surface area contributed by atoms with Crippen LogP contribution in [0.4, 0.5) is 0 Å². The van der Waals surface area contributed by atoms with Crippen molar-refractivity contribution in [2.24, 2.45) is 5.92 Å². The maximum atomic E-state index is 12.4. The molecule has 6 nitrogen and oxygen atoms in total. The predicted octanol–water partition coefficient (Wildman–Crippen LogP) is 3.56. The van der Waals surface area contributed by atoms with E-state index in [4.69, 9.17) is 16.3 Å². The molecule has 1 N–H and O–H groups in total. The van der Waals surface area contributed by atoms with Gasteiger partial charge < -0.3 is 15.0 Å². The number of para-hydroxylation sites is 1. The summed E-state index contributed by atoms with van der Waals surface area (Å²) in [6, 6.07) is 10.8. The molecule has 1 aromatic carbocycles. The Labute approximate surface area is 176 Å². The van der Waals surface area contributed by atoms with Crippen LogP contribution >= 0.6 is 11.6 Å². The third-order valence-electron chi connectivity index (χ3n) is 5.07. The third-order valence-corrected chi connectivity index (χ3v) is 5.38. The van der Waals surface area contributed by atoms with Gasteiger partial charge in [0.15, 0.2) is 0 Å². The van der Waals surface area contributed by atoms with Crippen LogP contribution in [0.5, 0.6) is 5.75 Å². The van der Waals surface area contributed by atoms with Crippen LogP contribution in [0.1, 0.15) is 36.0 Å². The van der Waals surface area contributed by atoms with Gasteiger partial charge >= 0.3 is 0 Å². The second-order valence-corrected chi connectivity index (χ2v) is 7.57. The van der Waals surface area contributed by atoms with Crippen molar-refractivity contribution >= 4 is 23.4 Å². The highest BCUT2D eigenvalue weighted by Gasteiger charge is 2.23. The second-order valence-electron chi connectivity index (χ2n) is 7.16. The zero-order valence-electron chi connectivity index (χ0n) is 16.4. The quantitative estimate of drug-likeness (QED) is 0.669. The molecular weight excluding hydrogens is 390 g/mol. The Morgan fingerprint density at radius 3 is 2.69 bits per heavy atom. The lowest BCUT2D eigenvalue weighted by atomic mass is 9.96. The summed E-state index contributed by atoms with van der Waals surface area (Å²) in [7, 11) is 0. The van der Waals surface area contributed by atoms with E-state index >= 15 is 0 Å². The van der Waals surface area contributed by atoms with Gasteiger partial charge in [0.05, 0.1) is 17.2 Å². The van der Waals surface area contributed by atoms with Crippen molar-refractivity contribution in [3.05, 3.63) is 59.4 Å². The number of likely N-dealkylation sites (tertiary alicyclic amines) is 1. The van der Waals surface area contributed by atoms with Crippen molar-refractivity contribution in [2.45, 2.75) is 25.7 Å². The van der Waals surface area contributed by atoms with Gasteiger partial charge in [-0.05, 0) is 49.4 Å². The molecule has 2 amide bonds. The molecule has 7 heteroatoms. The van der Waals surface area contributed by atoms with Crippen molar-refractivity contribution in [1.29, 1.82) is 0 Å². The van der Waals surface area contributed by atoms with Crippen molar-refractivity contribution < 1.29 is 14.3 Å². The van der Waals surface area contributed by atoms with E-state index in [0.29, 0.717) is 48.2 Å². The predicted molar refractivity (Wildman–Crippen MR) is 112 cm³/mol. The van der Waals surface area contributed by atoms with Crippen LogP contribution in [-0.4, -0.2) is 47.9 Å². The molecule has 1 aliphatic heterocycles. The summed E-state index contributed by atoms with van der Waals surface area (Å²) in [5.74, 6) is 1.10. The molecule has 1 aliphatic rings. The molecular formula is C22H26ClN3O3. The lowest BCUT2D eigenvalue weighted by Crippen LogP contribution is -2.41. The lowest BCUT2D eigenvalue weighted by molar-refractivity contribution is -0.132. The SMILES string of the molecule is O=C(NCC1CCN(C(=O)CCCOc2ccccc2Cl)CC1)c1cccnc1. The van der Waals surface area contributed by atoms with E-state index in [1.807, 2.05) is 23.1 Å². The number of piperidine rings is 1. The average Bonchev–Trinajstić information content (AvgIpc) is 2.77. The average molecular weight is 416 g/mol. The van der Waals surface area contributed by atoms with Crippen molar-refractivity contribution in [3.63, 3.8) is 0 Å². The number of halogens is 1. The lowest BCUT2D eigenvalue weighted by Gasteiger charge is -2.32. The minimum atomic E-state index is -0.102. The van der Waals surface area contributed by atoms with Crippen LogP contribution in [0.3, 0.4) is 0 Å². The van der Waals surface area contributed by atoms with Crippen molar-refractivity contribution in [3.8, 4) is 5.75 Å². The molecule has 2 heterocycles. The number of carbonyl (C=O) groups is 2. The highest BCUT2D eigenvalue weighted by Crippen LogP contribution is 2.23. The fraction of sp³-hybridized carbons (Fsp3) is 0.409. The number of benzene rings is 1. The van der Waals surface area contributed by atoms with Crippen LogP contribution in [0.15, 0.2) is 48.8 Å². The van der Waals surface area contributed by atoms with E-state index in [9.17, 15) is 9.59 Å². The number of carbonyl (C=O) groups excluding carboxylic acids is 2. The minimum absolute atomic E-state index is 0.102. The molecule has 29 heavy (non-hydrogen) atoms. The van der Waals surface area contributed by atoms with Crippen LogP contribution in [0.25, 0.3) is 0 Å². The van der Waals surface area contributed by atoms with E-state index in [1.165, 1.54) is 0 Å². The fourth-order valence-electron chi connectivity index (χ4n) is 3.35. The molecule has 1 aromatic heterocycles. The topological polar surface area (TPSA) is 71.5 Å². The molecule has 154 valence electrons. The van der Waals surface area contributed by atoms with Crippen molar-refractivity contribution in [2.75, 3.05) is 26.2 Å². The van der Waals surface area contributed by atoms with Gasteiger partial charge in [-0.2, -0.15) is 0 Å². The zero-order chi connectivity index (χ0) is 20.5. The van der Waals surface area contributed by atoms with Gasteiger partial charge in [-0.3, -0.25) is 14.6 Å². The van der Waals surface area contributed by atoms with Gasteiger partial charge in [-0.25, -0.2) is 0 Å². The van der Waals surface area contributed by atoms with Gasteiger partial charge in [0.1, 0.15) is 5.75 Å². The van der Waals surface area contributed by atoms with Crippen LogP contribution in [0, 0.1) is 5.92 Å². The molecule has 0 bridgehead atoms. The summed E-state index contributed by atoms with van der Waals surface area (Å²) in [6.07, 6.45) is 6.13. The summed E-state index contributed by atoms with van der Waals surface area (Å²) < 4.78 is 5.64. The van der Waals surface area contributed by atoms with Crippen LogP contribution in [0.2, 0.25) is 5.02 Å². The highest BCUT2D eigenvalue weighted by molar-refractivity contribution is 6.32. The normalized spacial score (nSPS) is 14.4. The molecule has 1 saturated heterocycles. The summed E-state index contributed by atoms with van der Waals surface area (Å²) in [5.41, 5.74) is 0.569. The van der Waals surface area contributed by atoms with Gasteiger partial charge in [-0.1, -0.05) is 23.7 Å². The van der Waals surface area contributed by atoms with Gasteiger partial charge in [0, 0.05) is 38.4 Å². The van der Waals surface area contributed by atoms with E-state index in [0.717, 1.165) is 25.9 Å². The Hall–Kier alpha value is -2.60. The standard InChI is InChI=1S/C22H26ClN3O3/c23-19-6-1-2-7-20(19)29-14-4-8-21(27)26-12-9-17(10-13-26)15-25-22(28)18-5-3-11-24-16-18/h1-3,5-7,11,16-17H,4,8-10,12-15H2,(H,25,28). The zero-order valence-corrected chi connectivity index (χ0v) is 17.1. The number of nitrogens with zero attached hydrogens (tertiary/aromatic N) is 2. The molecule has 0 unspecified atom stereocenters. The monoisotopic (exact) mass is 415 g/mol. The Morgan fingerprint density at radius 2 is 1.97 bits per heavy atom. The van der Waals surface area contributed by atoms with Gasteiger partial charge in [0.25, 0.3) is 5.91 Å². The Kier molecular flexibility index (Phi) is 7.87. The van der Waals surface area contributed by atoms with E-state index in [-0.39, 0.29) is 11.8 Å². The first kappa shape index (κ1) is 21.1. The first-order valence-electron chi connectivity index (χ1n) is 9.97. The number of hydrogen-bond acceptors (Lipinski definition) is 4. The second kappa shape index (κ2) is 10.8. The highest BCUT2D eigenvalue weighted by atomic mass is 35.5. The molecule has 1 fully saturated rings. The van der Waals surface area contributed by atoms with Gasteiger partial charge in [0.2, 0.25) is 5.91 Å². The fourth-order valence-corrected chi connectivity index (χ4v) is 3.54. The number of pyridine rings is 1. The Balaban J connectivity index is 1.31. The maximum Gasteiger partial charge on any atom is 0.252 e. The number of amides is 2. The summed E-state index contributed by atoms with van der Waals surface area (Å²) in [5, 5.41) is 3.55. The number of rotatable bonds is 8. The molecule has 3 rings (SSSR count). The van der Waals surface area contributed by atoms with E-state index in [2.05, 4.69) is 10.3 Å². The number of ether oxygens (including phenoxy) is 1. The van der Waals surface area contributed by atoms with Crippen LogP contribution in [-0.2, 0) is 4.79 Å². The molecule has 0 aliphatic carbocycles. The number of aromatic nitrogens is 1. The molecule has 0 radical (unpaired) electrons. The molecule has 0 atom stereocenters. The summed E-state index contributed by atoms with van der Waals surface area (Å²) in [6.45, 7) is 2.56. The minimum Gasteiger partial charge on any atom is -0.492 e. The molecule has 0 saturated carbocycles. The Morgan fingerprint density at radius 1 is 1.17 bits per heavy atom. The Bertz CT molecular complexity index is 808. The smallest absolute Gasteiger partial charge is 0.252 e.